The van der Waals surface area contributed by atoms with Gasteiger partial charge in [-0.05, 0) is 6.07 Å². The van der Waals surface area contributed by atoms with Gasteiger partial charge in [0.15, 0.2) is 5.75 Å². The van der Waals surface area contributed by atoms with Crippen molar-refractivity contribution in [3.05, 3.63) is 23.8 Å². The highest BCUT2D eigenvalue weighted by Crippen LogP contribution is 2.22. The maximum absolute atomic E-state index is 12.7. The summed E-state index contributed by atoms with van der Waals surface area (Å²) in [6, 6.07) is 0.864. The monoisotopic (exact) mass is 207 g/mol. The summed E-state index contributed by atoms with van der Waals surface area (Å²) in [7, 11) is 0. The van der Waals surface area contributed by atoms with Crippen molar-refractivity contribution in [1.29, 1.82) is 0 Å². The van der Waals surface area contributed by atoms with Crippen LogP contribution in [0.2, 0.25) is 0 Å². The van der Waals surface area contributed by atoms with Gasteiger partial charge in [-0.25, -0.2) is 9.78 Å². The molecule has 0 amide bonds. The second kappa shape index (κ2) is 3.95. The average Bonchev–Trinajstić information content (AvgIpc) is 2.07. The molecule has 0 saturated carbocycles. The predicted molar refractivity (Wildman–Crippen MR) is 37.8 cm³/mol. The van der Waals surface area contributed by atoms with E-state index >= 15 is 0 Å². The molecule has 0 atom stereocenters. The largest absolute Gasteiger partial charge is 0.478 e. The van der Waals surface area contributed by atoms with Crippen molar-refractivity contribution in [1.82, 2.24) is 4.98 Å². The highest BCUT2D eigenvalue weighted by molar-refractivity contribution is 5.90. The molecule has 1 heterocycles. The van der Waals surface area contributed by atoms with Gasteiger partial charge in [0.25, 0.3) is 5.95 Å². The Hall–Kier alpha value is -1.79. The zero-order valence-electron chi connectivity index (χ0n) is 6.58. The number of halogens is 3. The van der Waals surface area contributed by atoms with Gasteiger partial charge in [0.2, 0.25) is 0 Å². The minimum Gasteiger partial charge on any atom is -0.478 e. The van der Waals surface area contributed by atoms with E-state index in [0.717, 1.165) is 12.3 Å². The van der Waals surface area contributed by atoms with E-state index in [1.54, 1.807) is 0 Å². The Bertz CT molecular complexity index is 356. The normalized spacial score (nSPS) is 10.3. The molecular formula is C7H4F3NO3. The smallest absolute Gasteiger partial charge is 0.387 e. The first-order valence-corrected chi connectivity index (χ1v) is 3.35. The van der Waals surface area contributed by atoms with Gasteiger partial charge in [-0.3, -0.25) is 0 Å². The Kier molecular flexibility index (Phi) is 2.90. The first-order chi connectivity index (χ1) is 6.52. The maximum Gasteiger partial charge on any atom is 0.387 e. The van der Waals surface area contributed by atoms with E-state index < -0.39 is 29.8 Å². The summed E-state index contributed by atoms with van der Waals surface area (Å²) >= 11 is 0. The van der Waals surface area contributed by atoms with E-state index in [2.05, 4.69) is 9.72 Å². The third-order valence-corrected chi connectivity index (χ3v) is 1.30. The quantitative estimate of drug-likeness (QED) is 0.763. The molecule has 0 unspecified atom stereocenters. The van der Waals surface area contributed by atoms with Crippen molar-refractivity contribution in [2.24, 2.45) is 0 Å². The molecule has 1 aromatic rings. The van der Waals surface area contributed by atoms with Gasteiger partial charge in [-0.15, -0.1) is 0 Å². The van der Waals surface area contributed by atoms with Crippen molar-refractivity contribution in [3.63, 3.8) is 0 Å². The van der Waals surface area contributed by atoms with Crippen molar-refractivity contribution in [2.75, 3.05) is 0 Å². The van der Waals surface area contributed by atoms with E-state index in [1.807, 2.05) is 0 Å². The number of nitrogens with zero attached hydrogens (tertiary/aromatic N) is 1. The second-order valence-electron chi connectivity index (χ2n) is 2.16. The van der Waals surface area contributed by atoms with Gasteiger partial charge in [-0.1, -0.05) is 0 Å². The lowest BCUT2D eigenvalue weighted by atomic mass is 10.2. The van der Waals surface area contributed by atoms with Gasteiger partial charge in [-0.2, -0.15) is 13.2 Å². The average molecular weight is 207 g/mol. The van der Waals surface area contributed by atoms with Gasteiger partial charge in [0, 0.05) is 6.20 Å². The van der Waals surface area contributed by atoms with Crippen molar-refractivity contribution >= 4 is 5.97 Å². The van der Waals surface area contributed by atoms with E-state index in [0.29, 0.717) is 0 Å². The van der Waals surface area contributed by atoms with Crippen LogP contribution < -0.4 is 4.74 Å². The fourth-order valence-electron chi connectivity index (χ4n) is 0.792. The van der Waals surface area contributed by atoms with Crippen LogP contribution in [0.5, 0.6) is 5.75 Å². The number of hydrogen-bond donors (Lipinski definition) is 1. The molecule has 0 aliphatic heterocycles. The van der Waals surface area contributed by atoms with E-state index in [4.69, 9.17) is 5.11 Å². The number of alkyl halides is 2. The minimum absolute atomic E-state index is 0.696. The minimum atomic E-state index is -3.30. The fourth-order valence-corrected chi connectivity index (χ4v) is 0.792. The number of ether oxygens (including phenoxy) is 1. The van der Waals surface area contributed by atoms with Crippen LogP contribution in [-0.4, -0.2) is 22.7 Å². The van der Waals surface area contributed by atoms with E-state index in [-0.39, 0.29) is 0 Å². The summed E-state index contributed by atoms with van der Waals surface area (Å²) < 4.78 is 39.9. The molecule has 0 saturated heterocycles. The van der Waals surface area contributed by atoms with Crippen LogP contribution in [0.25, 0.3) is 0 Å². The van der Waals surface area contributed by atoms with Gasteiger partial charge < -0.3 is 9.84 Å². The summed E-state index contributed by atoms with van der Waals surface area (Å²) in [6.07, 6.45) is 0.844. The lowest BCUT2D eigenvalue weighted by molar-refractivity contribution is -0.0531. The third-order valence-electron chi connectivity index (χ3n) is 1.30. The molecule has 0 bridgehead atoms. The van der Waals surface area contributed by atoms with E-state index in [1.165, 1.54) is 0 Å². The number of aromatic carboxylic acids is 1. The molecule has 0 aliphatic rings. The zero-order valence-corrected chi connectivity index (χ0v) is 6.58. The number of pyridine rings is 1. The lowest BCUT2D eigenvalue weighted by Crippen LogP contribution is -2.10. The summed E-state index contributed by atoms with van der Waals surface area (Å²) in [5, 5.41) is 8.48. The van der Waals surface area contributed by atoms with Crippen LogP contribution >= 0.6 is 0 Å². The first kappa shape index (κ1) is 10.3. The highest BCUT2D eigenvalue weighted by Gasteiger charge is 2.19. The Labute approximate surface area is 75.9 Å². The zero-order chi connectivity index (χ0) is 10.7. The van der Waals surface area contributed by atoms with Gasteiger partial charge in [0.05, 0.1) is 0 Å². The molecule has 1 N–H and O–H groups in total. The predicted octanol–water partition coefficient (Wildman–Crippen LogP) is 1.52. The third kappa shape index (κ3) is 2.12. The van der Waals surface area contributed by atoms with Crippen LogP contribution in [0.15, 0.2) is 12.3 Å². The lowest BCUT2D eigenvalue weighted by Gasteiger charge is -2.07. The molecular weight excluding hydrogens is 203 g/mol. The standard InChI is InChI=1S/C7H4F3NO3/c8-5-4(14-7(9)10)3(6(12)13)1-2-11-5/h1-2,7H,(H,12,13). The summed E-state index contributed by atoms with van der Waals surface area (Å²) in [5.41, 5.74) is -0.696. The maximum atomic E-state index is 12.7. The molecule has 0 aliphatic carbocycles. The Balaban J connectivity index is 3.15. The SMILES string of the molecule is O=C(O)c1ccnc(F)c1OC(F)F. The highest BCUT2D eigenvalue weighted by atomic mass is 19.3. The molecule has 0 radical (unpaired) electrons. The van der Waals surface area contributed by atoms with E-state index in [9.17, 15) is 18.0 Å². The summed E-state index contributed by atoms with van der Waals surface area (Å²) in [6.45, 7) is -3.30. The summed E-state index contributed by atoms with van der Waals surface area (Å²) in [5.74, 6) is -4.01. The number of rotatable bonds is 3. The molecule has 0 spiro atoms. The Morgan fingerprint density at radius 3 is 2.71 bits per heavy atom. The Morgan fingerprint density at radius 1 is 1.57 bits per heavy atom. The number of hydrogen-bond acceptors (Lipinski definition) is 3. The van der Waals surface area contributed by atoms with Crippen LogP contribution in [0.4, 0.5) is 13.2 Å². The molecule has 0 fully saturated rings. The molecule has 0 aromatic carbocycles. The fraction of sp³-hybridized carbons (Fsp3) is 0.143. The first-order valence-electron chi connectivity index (χ1n) is 3.35. The molecule has 4 nitrogen and oxygen atoms in total. The molecule has 1 rings (SSSR count). The Morgan fingerprint density at radius 2 is 2.21 bits per heavy atom. The molecule has 7 heteroatoms. The number of carbonyl (C=O) groups is 1. The van der Waals surface area contributed by atoms with Crippen molar-refractivity contribution < 1.29 is 27.8 Å². The number of carboxylic acid groups (broad SMARTS) is 1. The van der Waals surface area contributed by atoms with Crippen LogP contribution in [-0.2, 0) is 0 Å². The topological polar surface area (TPSA) is 59.4 Å². The second-order valence-corrected chi connectivity index (χ2v) is 2.16. The molecule has 1 aromatic heterocycles. The number of aromatic nitrogens is 1. The van der Waals surface area contributed by atoms with Crippen LogP contribution in [0.3, 0.4) is 0 Å². The molecule has 76 valence electrons. The summed E-state index contributed by atoms with van der Waals surface area (Å²) in [4.78, 5) is 13.4. The van der Waals surface area contributed by atoms with Gasteiger partial charge >= 0.3 is 12.6 Å². The number of carboxylic acids is 1. The van der Waals surface area contributed by atoms with Crippen molar-refractivity contribution in [2.45, 2.75) is 6.61 Å². The van der Waals surface area contributed by atoms with Crippen LogP contribution in [0, 0.1) is 5.95 Å². The van der Waals surface area contributed by atoms with Crippen LogP contribution in [0.1, 0.15) is 10.4 Å². The van der Waals surface area contributed by atoms with Gasteiger partial charge in [0.1, 0.15) is 5.56 Å². The molecule has 14 heavy (non-hydrogen) atoms. The van der Waals surface area contributed by atoms with Crippen molar-refractivity contribution in [3.8, 4) is 5.75 Å².